The Morgan fingerprint density at radius 3 is 2.54 bits per heavy atom. The lowest BCUT2D eigenvalue weighted by molar-refractivity contribution is -0.120. The Hall–Kier alpha value is -2.22. The summed E-state index contributed by atoms with van der Waals surface area (Å²) in [5, 5.41) is 8.31. The maximum absolute atomic E-state index is 12.9. The van der Waals surface area contributed by atoms with E-state index in [2.05, 4.69) is 18.3 Å². The summed E-state index contributed by atoms with van der Waals surface area (Å²) >= 11 is 0. The van der Waals surface area contributed by atoms with Crippen LogP contribution in [0.4, 0.5) is 5.69 Å². The second kappa shape index (κ2) is 7.19. The van der Waals surface area contributed by atoms with E-state index in [0.717, 1.165) is 17.7 Å². The number of para-hydroxylation sites is 1. The van der Waals surface area contributed by atoms with Crippen molar-refractivity contribution in [3.8, 4) is 0 Å². The van der Waals surface area contributed by atoms with E-state index < -0.39 is 10.0 Å². The van der Waals surface area contributed by atoms with E-state index in [1.807, 2.05) is 30.0 Å². The molecule has 0 spiro atoms. The summed E-state index contributed by atoms with van der Waals surface area (Å²) in [4.78, 5) is 14.8. The minimum Gasteiger partial charge on any atom is -0.308 e. The Balaban J connectivity index is 1.65. The van der Waals surface area contributed by atoms with Crippen LogP contribution in [0, 0.1) is 0 Å². The molecule has 3 rings (SSSR count). The van der Waals surface area contributed by atoms with Crippen LogP contribution in [-0.4, -0.2) is 26.4 Å². The monoisotopic (exact) mass is 373 g/mol. The molecule has 2 aromatic carbocycles. The average Bonchev–Trinajstić information content (AvgIpc) is 2.94. The molecule has 7 heteroatoms. The number of hydrogen-bond donors (Lipinski definition) is 2. The van der Waals surface area contributed by atoms with Crippen molar-refractivity contribution in [2.75, 3.05) is 4.90 Å². The third-order valence-electron chi connectivity index (χ3n) is 4.68. The highest BCUT2D eigenvalue weighted by Crippen LogP contribution is 2.32. The number of benzene rings is 2. The Bertz CT molecular complexity index is 910. The van der Waals surface area contributed by atoms with Crippen LogP contribution in [0.25, 0.3) is 0 Å². The zero-order valence-corrected chi connectivity index (χ0v) is 15.7. The Morgan fingerprint density at radius 1 is 1.23 bits per heavy atom. The van der Waals surface area contributed by atoms with Gasteiger partial charge in [0.25, 0.3) is 0 Å². The molecule has 0 saturated carbocycles. The number of fused-ring (bicyclic) bond motifs is 1. The van der Waals surface area contributed by atoms with Gasteiger partial charge < -0.3 is 10.2 Å². The fraction of sp³-hybridized carbons (Fsp3) is 0.316. The molecule has 3 N–H and O–H groups in total. The van der Waals surface area contributed by atoms with Crippen LogP contribution in [0.1, 0.15) is 25.0 Å². The highest BCUT2D eigenvalue weighted by molar-refractivity contribution is 7.89. The van der Waals surface area contributed by atoms with Crippen molar-refractivity contribution in [1.29, 1.82) is 0 Å². The lowest BCUT2D eigenvalue weighted by atomic mass is 10.1. The molecule has 0 aromatic heterocycles. The number of amides is 1. The van der Waals surface area contributed by atoms with E-state index in [-0.39, 0.29) is 22.9 Å². The first kappa shape index (κ1) is 18.6. The summed E-state index contributed by atoms with van der Waals surface area (Å²) in [6.07, 6.45) is 0.865. The molecule has 138 valence electrons. The lowest BCUT2D eigenvalue weighted by Crippen LogP contribution is -2.47. The predicted octanol–water partition coefficient (Wildman–Crippen LogP) is 1.79. The van der Waals surface area contributed by atoms with Gasteiger partial charge in [0.15, 0.2) is 0 Å². The molecule has 0 aliphatic carbocycles. The van der Waals surface area contributed by atoms with Crippen LogP contribution in [0.3, 0.4) is 0 Å². The molecular formula is C19H23N3O3S. The van der Waals surface area contributed by atoms with Crippen molar-refractivity contribution in [3.05, 3.63) is 59.7 Å². The third kappa shape index (κ3) is 3.80. The van der Waals surface area contributed by atoms with Crippen LogP contribution >= 0.6 is 0 Å². The third-order valence-corrected chi connectivity index (χ3v) is 5.61. The fourth-order valence-electron chi connectivity index (χ4n) is 3.27. The van der Waals surface area contributed by atoms with Crippen molar-refractivity contribution < 1.29 is 13.2 Å². The quantitative estimate of drug-likeness (QED) is 0.836. The molecule has 0 radical (unpaired) electrons. The van der Waals surface area contributed by atoms with E-state index >= 15 is 0 Å². The minimum absolute atomic E-state index is 0.0311. The largest absolute Gasteiger partial charge is 0.308 e. The Labute approximate surface area is 154 Å². The van der Waals surface area contributed by atoms with Gasteiger partial charge in [-0.3, -0.25) is 4.79 Å². The minimum atomic E-state index is -3.69. The number of primary sulfonamides is 1. The first-order chi connectivity index (χ1) is 12.3. The SMILES string of the molecule is C[C@@H](NCc1ccc(S(N)(=O)=O)cc1)C(=O)N1c2ccccc2C[C@@H]1C. The van der Waals surface area contributed by atoms with E-state index in [4.69, 9.17) is 5.14 Å². The van der Waals surface area contributed by atoms with Crippen molar-refractivity contribution >= 4 is 21.6 Å². The molecule has 1 aliphatic heterocycles. The Morgan fingerprint density at radius 2 is 1.88 bits per heavy atom. The van der Waals surface area contributed by atoms with E-state index in [1.165, 1.54) is 17.7 Å². The highest BCUT2D eigenvalue weighted by atomic mass is 32.2. The molecule has 0 unspecified atom stereocenters. The molecule has 0 saturated heterocycles. The number of carbonyl (C=O) groups excluding carboxylic acids is 1. The number of nitrogens with two attached hydrogens (primary N) is 1. The summed E-state index contributed by atoms with van der Waals surface area (Å²) in [6, 6.07) is 14.1. The number of nitrogens with one attached hydrogen (secondary N) is 1. The van der Waals surface area contributed by atoms with Gasteiger partial charge >= 0.3 is 0 Å². The van der Waals surface area contributed by atoms with Gasteiger partial charge in [0.1, 0.15) is 0 Å². The summed E-state index contributed by atoms with van der Waals surface area (Å²) in [5.41, 5.74) is 3.06. The molecule has 2 atom stereocenters. The molecule has 1 aliphatic rings. The van der Waals surface area contributed by atoms with Crippen molar-refractivity contribution in [2.24, 2.45) is 5.14 Å². The summed E-state index contributed by atoms with van der Waals surface area (Å²) < 4.78 is 22.6. The molecule has 2 aromatic rings. The molecule has 1 heterocycles. The van der Waals surface area contributed by atoms with Crippen LogP contribution in [0.5, 0.6) is 0 Å². The van der Waals surface area contributed by atoms with Crippen molar-refractivity contribution in [3.63, 3.8) is 0 Å². The first-order valence-corrected chi connectivity index (χ1v) is 10.1. The fourth-order valence-corrected chi connectivity index (χ4v) is 3.78. The predicted molar refractivity (Wildman–Crippen MR) is 101 cm³/mol. The molecule has 26 heavy (non-hydrogen) atoms. The van der Waals surface area contributed by atoms with Crippen LogP contribution < -0.4 is 15.4 Å². The van der Waals surface area contributed by atoms with Crippen LogP contribution in [0.2, 0.25) is 0 Å². The maximum Gasteiger partial charge on any atom is 0.244 e. The van der Waals surface area contributed by atoms with Crippen molar-refractivity contribution in [1.82, 2.24) is 5.32 Å². The smallest absolute Gasteiger partial charge is 0.244 e. The number of carbonyl (C=O) groups is 1. The molecule has 0 fully saturated rings. The topological polar surface area (TPSA) is 92.5 Å². The summed E-state index contributed by atoms with van der Waals surface area (Å²) in [6.45, 7) is 4.35. The van der Waals surface area contributed by atoms with E-state index in [9.17, 15) is 13.2 Å². The van der Waals surface area contributed by atoms with Gasteiger partial charge in [-0.25, -0.2) is 13.6 Å². The van der Waals surface area contributed by atoms with Gasteiger partial charge in [0.2, 0.25) is 15.9 Å². The van der Waals surface area contributed by atoms with E-state index in [1.54, 1.807) is 12.1 Å². The normalized spacial score (nSPS) is 17.8. The molecule has 0 bridgehead atoms. The first-order valence-electron chi connectivity index (χ1n) is 8.53. The second-order valence-corrected chi connectivity index (χ2v) is 8.24. The van der Waals surface area contributed by atoms with Crippen LogP contribution in [0.15, 0.2) is 53.4 Å². The number of hydrogen-bond acceptors (Lipinski definition) is 4. The zero-order chi connectivity index (χ0) is 18.9. The van der Waals surface area contributed by atoms with Gasteiger partial charge in [0, 0.05) is 18.3 Å². The molecular weight excluding hydrogens is 350 g/mol. The summed E-state index contributed by atoms with van der Waals surface area (Å²) in [7, 11) is -3.69. The van der Waals surface area contributed by atoms with Crippen molar-refractivity contribution in [2.45, 2.75) is 43.8 Å². The zero-order valence-electron chi connectivity index (χ0n) is 14.8. The van der Waals surface area contributed by atoms with Gasteiger partial charge in [0.05, 0.1) is 10.9 Å². The Kier molecular flexibility index (Phi) is 5.13. The summed E-state index contributed by atoms with van der Waals surface area (Å²) in [5.74, 6) is 0.0311. The number of rotatable bonds is 5. The average molecular weight is 373 g/mol. The molecule has 1 amide bonds. The van der Waals surface area contributed by atoms with E-state index in [0.29, 0.717) is 6.54 Å². The lowest BCUT2D eigenvalue weighted by Gasteiger charge is -2.26. The second-order valence-electron chi connectivity index (χ2n) is 6.68. The standard InChI is InChI=1S/C19H23N3O3S/c1-13-11-16-5-3-4-6-18(16)22(13)19(23)14(2)21-12-15-7-9-17(10-8-15)26(20,24)25/h3-10,13-14,21H,11-12H2,1-2H3,(H2,20,24,25)/t13-,14+/m0/s1. The highest BCUT2D eigenvalue weighted by Gasteiger charge is 2.32. The number of sulfonamides is 1. The van der Waals surface area contributed by atoms with Gasteiger partial charge in [-0.15, -0.1) is 0 Å². The van der Waals surface area contributed by atoms with Gasteiger partial charge in [-0.1, -0.05) is 30.3 Å². The number of nitrogens with zero attached hydrogens (tertiary/aromatic N) is 1. The van der Waals surface area contributed by atoms with Gasteiger partial charge in [-0.2, -0.15) is 0 Å². The maximum atomic E-state index is 12.9. The number of anilines is 1. The van der Waals surface area contributed by atoms with Gasteiger partial charge in [-0.05, 0) is 49.6 Å². The van der Waals surface area contributed by atoms with Crippen LogP contribution in [-0.2, 0) is 27.8 Å². The molecule has 6 nitrogen and oxygen atoms in total.